The first-order valence-electron chi connectivity index (χ1n) is 3.46. The number of nitro benzene ring substituents is 2. The fourth-order valence-corrected chi connectivity index (χ4v) is 1.52. The molecule has 80 valence electrons. The fourth-order valence-electron chi connectivity index (χ4n) is 0.913. The molecule has 0 amide bonds. The van der Waals surface area contributed by atoms with Crippen molar-refractivity contribution in [3.8, 4) is 5.75 Å². The van der Waals surface area contributed by atoms with E-state index in [1.54, 1.807) is 0 Å². The van der Waals surface area contributed by atoms with Crippen LogP contribution in [0.25, 0.3) is 0 Å². The first-order chi connectivity index (χ1) is 6.86. The van der Waals surface area contributed by atoms with E-state index in [0.717, 1.165) is 0 Å². The molecule has 0 aromatic heterocycles. The lowest BCUT2D eigenvalue weighted by atomic mass is 10.2. The molecule has 0 atom stereocenters. The minimum atomic E-state index is -0.936. The summed E-state index contributed by atoms with van der Waals surface area (Å²) in [5.74, 6) is -0.755. The number of halogens is 1. The van der Waals surface area contributed by atoms with Gasteiger partial charge in [-0.25, -0.2) is 0 Å². The highest BCUT2D eigenvalue weighted by Gasteiger charge is 2.27. The van der Waals surface area contributed by atoms with E-state index < -0.39 is 27.0 Å². The maximum Gasteiger partial charge on any atom is 0.319 e. The van der Waals surface area contributed by atoms with Crippen molar-refractivity contribution in [1.29, 1.82) is 0 Å². The highest BCUT2D eigenvalue weighted by Crippen LogP contribution is 2.40. The van der Waals surface area contributed by atoms with Gasteiger partial charge in [0.15, 0.2) is 0 Å². The Morgan fingerprint density at radius 2 is 1.73 bits per heavy atom. The van der Waals surface area contributed by atoms with Crippen LogP contribution in [0.5, 0.6) is 5.75 Å². The van der Waals surface area contributed by atoms with Crippen LogP contribution >= 0.6 is 22.6 Å². The Morgan fingerprint density at radius 3 is 2.13 bits per heavy atom. The topological polar surface area (TPSA) is 133 Å². The van der Waals surface area contributed by atoms with Gasteiger partial charge in [-0.3, -0.25) is 20.2 Å². The standard InChI is InChI=1S/C6H4IN3O5/c7-4-2(9(12)13)1-3(10(14)15)6(11)5(4)8/h1,11H,8H2. The molecule has 0 aliphatic heterocycles. The average Bonchev–Trinajstić information content (AvgIpc) is 2.13. The van der Waals surface area contributed by atoms with Crippen LogP contribution < -0.4 is 5.73 Å². The quantitative estimate of drug-likeness (QED) is 0.278. The van der Waals surface area contributed by atoms with E-state index in [0.29, 0.717) is 6.07 Å². The molecule has 0 aliphatic carbocycles. The number of nitro groups is 2. The average molecular weight is 325 g/mol. The summed E-state index contributed by atoms with van der Waals surface area (Å²) < 4.78 is -0.0271. The third-order valence-corrected chi connectivity index (χ3v) is 2.76. The van der Waals surface area contributed by atoms with E-state index in [4.69, 9.17) is 5.73 Å². The van der Waals surface area contributed by atoms with Gasteiger partial charge in [0.2, 0.25) is 5.75 Å². The number of benzene rings is 1. The Kier molecular flexibility index (Phi) is 2.93. The van der Waals surface area contributed by atoms with Crippen LogP contribution in [0.4, 0.5) is 17.1 Å². The van der Waals surface area contributed by atoms with Crippen molar-refractivity contribution in [3.05, 3.63) is 29.9 Å². The number of anilines is 1. The van der Waals surface area contributed by atoms with Gasteiger partial charge in [0.25, 0.3) is 5.69 Å². The van der Waals surface area contributed by atoms with Crippen LogP contribution in [0.1, 0.15) is 0 Å². The van der Waals surface area contributed by atoms with Gasteiger partial charge in [-0.2, -0.15) is 0 Å². The van der Waals surface area contributed by atoms with Crippen molar-refractivity contribution in [1.82, 2.24) is 0 Å². The van der Waals surface area contributed by atoms with E-state index in [1.807, 2.05) is 0 Å². The summed E-state index contributed by atoms with van der Waals surface area (Å²) in [6.07, 6.45) is 0. The minimum absolute atomic E-state index is 0.0271. The van der Waals surface area contributed by atoms with Gasteiger partial charge in [0.1, 0.15) is 9.26 Å². The van der Waals surface area contributed by atoms with Crippen molar-refractivity contribution in [2.45, 2.75) is 0 Å². The van der Waals surface area contributed by atoms with Crippen molar-refractivity contribution < 1.29 is 15.0 Å². The molecule has 0 unspecified atom stereocenters. The Labute approximate surface area is 96.1 Å². The Bertz CT molecular complexity index is 422. The van der Waals surface area contributed by atoms with Gasteiger partial charge in [0.05, 0.1) is 15.9 Å². The Morgan fingerprint density at radius 1 is 1.27 bits per heavy atom. The zero-order valence-corrected chi connectivity index (χ0v) is 9.16. The van der Waals surface area contributed by atoms with Gasteiger partial charge in [-0.1, -0.05) is 0 Å². The summed E-state index contributed by atoms with van der Waals surface area (Å²) in [4.78, 5) is 19.2. The number of nitrogens with zero attached hydrogens (tertiary/aromatic N) is 2. The molecular formula is C6H4IN3O5. The lowest BCUT2D eigenvalue weighted by Crippen LogP contribution is -2.00. The first-order valence-corrected chi connectivity index (χ1v) is 4.53. The number of hydrogen-bond donors (Lipinski definition) is 2. The third kappa shape index (κ3) is 1.91. The lowest BCUT2D eigenvalue weighted by Gasteiger charge is -2.03. The van der Waals surface area contributed by atoms with Crippen LogP contribution in [0, 0.1) is 23.8 Å². The maximum atomic E-state index is 10.5. The SMILES string of the molecule is Nc1c(O)c([N+](=O)[O-])cc([N+](=O)[O-])c1I. The number of nitrogens with two attached hydrogens (primary N) is 1. The highest BCUT2D eigenvalue weighted by molar-refractivity contribution is 14.1. The summed E-state index contributed by atoms with van der Waals surface area (Å²) in [6, 6.07) is 0.674. The first kappa shape index (κ1) is 11.4. The summed E-state index contributed by atoms with van der Waals surface area (Å²) in [5.41, 5.74) is 3.65. The molecule has 15 heavy (non-hydrogen) atoms. The Balaban J connectivity index is 3.59. The molecule has 1 rings (SSSR count). The predicted molar refractivity (Wildman–Crippen MR) is 58.5 cm³/mol. The smallest absolute Gasteiger partial charge is 0.319 e. The molecule has 0 saturated carbocycles. The van der Waals surface area contributed by atoms with Crippen molar-refractivity contribution in [3.63, 3.8) is 0 Å². The summed E-state index contributed by atoms with van der Waals surface area (Å²) >= 11 is 1.54. The second-order valence-corrected chi connectivity index (χ2v) is 3.58. The summed E-state index contributed by atoms with van der Waals surface area (Å²) in [5, 5.41) is 30.2. The van der Waals surface area contributed by atoms with Gasteiger partial charge < -0.3 is 10.8 Å². The van der Waals surface area contributed by atoms with E-state index in [1.165, 1.54) is 22.6 Å². The third-order valence-electron chi connectivity index (χ3n) is 1.63. The van der Waals surface area contributed by atoms with Crippen LogP contribution in [0.3, 0.4) is 0 Å². The number of aromatic hydroxyl groups is 1. The zero-order chi connectivity index (χ0) is 11.7. The van der Waals surface area contributed by atoms with Gasteiger partial charge in [-0.05, 0) is 22.6 Å². The number of rotatable bonds is 2. The van der Waals surface area contributed by atoms with Gasteiger partial charge in [-0.15, -0.1) is 0 Å². The maximum absolute atomic E-state index is 10.5. The monoisotopic (exact) mass is 325 g/mol. The number of phenols is 1. The van der Waals surface area contributed by atoms with Crippen LogP contribution in [0.2, 0.25) is 0 Å². The molecule has 0 heterocycles. The van der Waals surface area contributed by atoms with Gasteiger partial charge >= 0.3 is 5.69 Å². The van der Waals surface area contributed by atoms with E-state index >= 15 is 0 Å². The largest absolute Gasteiger partial charge is 0.501 e. The van der Waals surface area contributed by atoms with Crippen molar-refractivity contribution in [2.75, 3.05) is 5.73 Å². The number of phenolic OH excluding ortho intramolecular Hbond substituents is 1. The van der Waals surface area contributed by atoms with Crippen molar-refractivity contribution in [2.24, 2.45) is 0 Å². The zero-order valence-electron chi connectivity index (χ0n) is 7.01. The molecule has 0 spiro atoms. The summed E-state index contributed by atoms with van der Waals surface area (Å²) in [7, 11) is 0. The fraction of sp³-hybridized carbons (Fsp3) is 0. The molecule has 0 bridgehead atoms. The normalized spacial score (nSPS) is 9.93. The Hall–Kier alpha value is -1.65. The second kappa shape index (κ2) is 3.84. The molecule has 9 heteroatoms. The summed E-state index contributed by atoms with van der Waals surface area (Å²) in [6.45, 7) is 0. The number of hydrogen-bond acceptors (Lipinski definition) is 6. The molecule has 3 N–H and O–H groups in total. The molecule has 0 saturated heterocycles. The molecule has 1 aromatic rings. The van der Waals surface area contributed by atoms with E-state index in [-0.39, 0.29) is 9.26 Å². The van der Waals surface area contributed by atoms with E-state index in [2.05, 4.69) is 0 Å². The highest BCUT2D eigenvalue weighted by atomic mass is 127. The molecule has 0 radical (unpaired) electrons. The molecule has 8 nitrogen and oxygen atoms in total. The van der Waals surface area contributed by atoms with Crippen LogP contribution in [-0.4, -0.2) is 15.0 Å². The molecule has 0 aliphatic rings. The number of nitrogen functional groups attached to an aromatic ring is 1. The lowest BCUT2D eigenvalue weighted by molar-refractivity contribution is -0.395. The predicted octanol–water partition coefficient (Wildman–Crippen LogP) is 1.40. The van der Waals surface area contributed by atoms with E-state index in [9.17, 15) is 25.3 Å². The molecular weight excluding hydrogens is 321 g/mol. The van der Waals surface area contributed by atoms with Gasteiger partial charge in [0, 0.05) is 0 Å². The second-order valence-electron chi connectivity index (χ2n) is 2.51. The molecule has 1 aromatic carbocycles. The van der Waals surface area contributed by atoms with Crippen LogP contribution in [0.15, 0.2) is 6.07 Å². The molecule has 0 fully saturated rings. The van der Waals surface area contributed by atoms with Crippen LogP contribution in [-0.2, 0) is 0 Å². The minimum Gasteiger partial charge on any atom is -0.501 e. The van der Waals surface area contributed by atoms with Crippen molar-refractivity contribution >= 4 is 39.7 Å².